The molecule has 0 saturated heterocycles. The third kappa shape index (κ3) is 6.57. The minimum absolute atomic E-state index is 0.0337. The largest absolute Gasteiger partial charge is 0.352 e. The van der Waals surface area contributed by atoms with E-state index in [4.69, 9.17) is 11.6 Å². The number of rotatable bonds is 9. The molecule has 0 bridgehead atoms. The molecular formula is C26H33ClN2O2. The first-order valence-electron chi connectivity index (χ1n) is 11.4. The highest BCUT2D eigenvalue weighted by atomic mass is 35.5. The number of nitrogens with zero attached hydrogens (tertiary/aromatic N) is 1. The summed E-state index contributed by atoms with van der Waals surface area (Å²) in [6, 6.07) is 15.6. The lowest BCUT2D eigenvalue weighted by Gasteiger charge is -2.30. The van der Waals surface area contributed by atoms with Gasteiger partial charge in [0.15, 0.2) is 0 Å². The predicted octanol–water partition coefficient (Wildman–Crippen LogP) is 5.31. The van der Waals surface area contributed by atoms with Crippen molar-refractivity contribution in [2.75, 3.05) is 0 Å². The molecule has 5 heteroatoms. The summed E-state index contributed by atoms with van der Waals surface area (Å²) >= 11 is 6.36. The van der Waals surface area contributed by atoms with E-state index in [-0.39, 0.29) is 17.9 Å². The molecule has 0 aromatic heterocycles. The number of nitrogens with one attached hydrogen (secondary N) is 1. The number of halogens is 1. The molecule has 0 radical (unpaired) electrons. The van der Waals surface area contributed by atoms with Crippen LogP contribution in [0.3, 0.4) is 0 Å². The van der Waals surface area contributed by atoms with Gasteiger partial charge in [0.2, 0.25) is 11.8 Å². The second kappa shape index (κ2) is 11.3. The van der Waals surface area contributed by atoms with Crippen LogP contribution in [0.15, 0.2) is 48.5 Å². The lowest BCUT2D eigenvalue weighted by molar-refractivity contribution is -0.140. The van der Waals surface area contributed by atoms with E-state index in [0.717, 1.165) is 43.2 Å². The Labute approximate surface area is 191 Å². The number of hydrogen-bond acceptors (Lipinski definition) is 2. The molecule has 166 valence electrons. The molecule has 0 heterocycles. The topological polar surface area (TPSA) is 49.4 Å². The Bertz CT molecular complexity index is 875. The molecule has 1 N–H and O–H groups in total. The number of carbonyl (C=O) groups is 2. The average Bonchev–Trinajstić information content (AvgIpc) is 3.30. The third-order valence-corrected chi connectivity index (χ3v) is 6.59. The normalized spacial score (nSPS) is 14.9. The average molecular weight is 441 g/mol. The van der Waals surface area contributed by atoms with Crippen LogP contribution in [0.25, 0.3) is 0 Å². The molecule has 1 saturated carbocycles. The fourth-order valence-corrected chi connectivity index (χ4v) is 4.32. The minimum atomic E-state index is -0.549. The molecule has 1 atom stereocenters. The SMILES string of the molecule is CCc1ccc(CCC(=O)N(Cc2ccccc2Cl)[C@H](C)C(=O)NC2CCCC2)cc1. The molecule has 3 rings (SSSR count). The Kier molecular flexibility index (Phi) is 8.53. The number of amides is 2. The second-order valence-corrected chi connectivity index (χ2v) is 8.86. The summed E-state index contributed by atoms with van der Waals surface area (Å²) in [5, 5.41) is 3.75. The number of carbonyl (C=O) groups excluding carboxylic acids is 2. The maximum absolute atomic E-state index is 13.2. The molecule has 1 fully saturated rings. The first-order valence-corrected chi connectivity index (χ1v) is 11.8. The van der Waals surface area contributed by atoms with Gasteiger partial charge in [0.25, 0.3) is 0 Å². The van der Waals surface area contributed by atoms with Crippen LogP contribution < -0.4 is 5.32 Å². The first-order chi connectivity index (χ1) is 15.0. The van der Waals surface area contributed by atoms with Crippen LogP contribution in [0.2, 0.25) is 5.02 Å². The number of hydrogen-bond donors (Lipinski definition) is 1. The molecule has 2 amide bonds. The Hall–Kier alpha value is -2.33. The van der Waals surface area contributed by atoms with Crippen molar-refractivity contribution >= 4 is 23.4 Å². The summed E-state index contributed by atoms with van der Waals surface area (Å²) in [6.07, 6.45) is 6.35. The lowest BCUT2D eigenvalue weighted by atomic mass is 10.0. The van der Waals surface area contributed by atoms with Crippen LogP contribution in [-0.4, -0.2) is 28.8 Å². The van der Waals surface area contributed by atoms with E-state index in [1.165, 1.54) is 5.56 Å². The molecule has 2 aromatic rings. The van der Waals surface area contributed by atoms with Gasteiger partial charge in [0.1, 0.15) is 6.04 Å². The molecule has 1 aliphatic carbocycles. The van der Waals surface area contributed by atoms with Crippen molar-refractivity contribution in [2.24, 2.45) is 0 Å². The van der Waals surface area contributed by atoms with Crippen LogP contribution in [0, 0.1) is 0 Å². The zero-order valence-electron chi connectivity index (χ0n) is 18.6. The summed E-state index contributed by atoms with van der Waals surface area (Å²) in [5.74, 6) is -0.117. The Morgan fingerprint density at radius 2 is 1.71 bits per heavy atom. The Morgan fingerprint density at radius 1 is 1.06 bits per heavy atom. The third-order valence-electron chi connectivity index (χ3n) is 6.23. The van der Waals surface area contributed by atoms with Gasteiger partial charge in [-0.2, -0.15) is 0 Å². The van der Waals surface area contributed by atoms with Crippen LogP contribution in [0.4, 0.5) is 0 Å². The standard InChI is InChI=1S/C26H33ClN2O2/c1-3-20-12-14-21(15-13-20)16-17-25(30)29(18-22-8-4-7-11-24(22)27)19(2)26(31)28-23-9-5-6-10-23/h4,7-8,11-15,19,23H,3,5-6,9-10,16-18H2,1-2H3,(H,28,31)/t19-/m1/s1. The first kappa shape index (κ1) is 23.3. The highest BCUT2D eigenvalue weighted by Gasteiger charge is 2.28. The molecule has 0 unspecified atom stereocenters. The van der Waals surface area contributed by atoms with Crippen LogP contribution in [0.1, 0.15) is 62.6 Å². The summed E-state index contributed by atoms with van der Waals surface area (Å²) in [6.45, 7) is 4.27. The van der Waals surface area contributed by atoms with E-state index in [1.807, 2.05) is 31.2 Å². The van der Waals surface area contributed by atoms with Crippen molar-refractivity contribution in [3.8, 4) is 0 Å². The van der Waals surface area contributed by atoms with E-state index in [0.29, 0.717) is 24.4 Å². The molecule has 0 spiro atoms. The van der Waals surface area contributed by atoms with Gasteiger partial charge in [0, 0.05) is 24.0 Å². The monoisotopic (exact) mass is 440 g/mol. The van der Waals surface area contributed by atoms with Gasteiger partial charge in [-0.1, -0.05) is 73.8 Å². The van der Waals surface area contributed by atoms with Gasteiger partial charge in [-0.15, -0.1) is 0 Å². The fourth-order valence-electron chi connectivity index (χ4n) is 4.12. The number of aryl methyl sites for hydroxylation is 2. The molecule has 1 aliphatic rings. The van der Waals surface area contributed by atoms with Gasteiger partial charge in [-0.05, 0) is 55.4 Å². The van der Waals surface area contributed by atoms with Crippen LogP contribution in [0.5, 0.6) is 0 Å². The zero-order chi connectivity index (χ0) is 22.2. The Balaban J connectivity index is 1.70. The van der Waals surface area contributed by atoms with Gasteiger partial charge in [-0.25, -0.2) is 0 Å². The smallest absolute Gasteiger partial charge is 0.242 e. The van der Waals surface area contributed by atoms with Gasteiger partial charge < -0.3 is 10.2 Å². The molecular weight excluding hydrogens is 408 g/mol. The minimum Gasteiger partial charge on any atom is -0.352 e. The van der Waals surface area contributed by atoms with Crippen molar-refractivity contribution in [3.05, 3.63) is 70.2 Å². The quantitative estimate of drug-likeness (QED) is 0.574. The summed E-state index contributed by atoms with van der Waals surface area (Å²) in [4.78, 5) is 27.8. The molecule has 4 nitrogen and oxygen atoms in total. The van der Waals surface area contributed by atoms with E-state index in [2.05, 4.69) is 36.5 Å². The van der Waals surface area contributed by atoms with Gasteiger partial charge in [0.05, 0.1) is 0 Å². The van der Waals surface area contributed by atoms with E-state index >= 15 is 0 Å². The highest BCUT2D eigenvalue weighted by Crippen LogP contribution is 2.21. The van der Waals surface area contributed by atoms with Crippen molar-refractivity contribution in [2.45, 2.75) is 77.4 Å². The van der Waals surface area contributed by atoms with E-state index < -0.39 is 6.04 Å². The molecule has 2 aromatic carbocycles. The summed E-state index contributed by atoms with van der Waals surface area (Å²) in [5.41, 5.74) is 3.27. The van der Waals surface area contributed by atoms with E-state index in [9.17, 15) is 9.59 Å². The van der Waals surface area contributed by atoms with Gasteiger partial charge >= 0.3 is 0 Å². The summed E-state index contributed by atoms with van der Waals surface area (Å²) < 4.78 is 0. The van der Waals surface area contributed by atoms with Crippen molar-refractivity contribution in [3.63, 3.8) is 0 Å². The van der Waals surface area contributed by atoms with Crippen molar-refractivity contribution in [1.82, 2.24) is 10.2 Å². The predicted molar refractivity (Wildman–Crippen MR) is 126 cm³/mol. The molecule has 31 heavy (non-hydrogen) atoms. The second-order valence-electron chi connectivity index (χ2n) is 8.45. The van der Waals surface area contributed by atoms with Crippen LogP contribution in [-0.2, 0) is 29.0 Å². The summed E-state index contributed by atoms with van der Waals surface area (Å²) in [7, 11) is 0. The fraction of sp³-hybridized carbons (Fsp3) is 0.462. The number of benzene rings is 2. The maximum atomic E-state index is 13.2. The van der Waals surface area contributed by atoms with Gasteiger partial charge in [-0.3, -0.25) is 9.59 Å². The molecule has 0 aliphatic heterocycles. The zero-order valence-corrected chi connectivity index (χ0v) is 19.3. The van der Waals surface area contributed by atoms with Crippen molar-refractivity contribution in [1.29, 1.82) is 0 Å². The van der Waals surface area contributed by atoms with Crippen molar-refractivity contribution < 1.29 is 9.59 Å². The highest BCUT2D eigenvalue weighted by molar-refractivity contribution is 6.31. The Morgan fingerprint density at radius 3 is 2.35 bits per heavy atom. The lowest BCUT2D eigenvalue weighted by Crippen LogP contribution is -2.49. The maximum Gasteiger partial charge on any atom is 0.242 e. The van der Waals surface area contributed by atoms with Crippen LogP contribution >= 0.6 is 11.6 Å². The van der Waals surface area contributed by atoms with E-state index in [1.54, 1.807) is 4.90 Å².